The molecular weight excluding hydrogens is 340 g/mol. The second-order valence-electron chi connectivity index (χ2n) is 4.96. The van der Waals surface area contributed by atoms with Crippen LogP contribution >= 0.6 is 0 Å². The summed E-state index contributed by atoms with van der Waals surface area (Å²) >= 11 is 0. The molecule has 0 radical (unpaired) electrons. The van der Waals surface area contributed by atoms with Gasteiger partial charge in [0.25, 0.3) is 0 Å². The molecule has 0 saturated heterocycles. The number of sulfonamides is 1. The topological polar surface area (TPSA) is 64.6 Å². The van der Waals surface area contributed by atoms with Crippen molar-refractivity contribution in [2.24, 2.45) is 0 Å². The van der Waals surface area contributed by atoms with Crippen LogP contribution in [-0.4, -0.2) is 29.2 Å². The van der Waals surface area contributed by atoms with Crippen LogP contribution in [0.2, 0.25) is 0 Å². The summed E-state index contributed by atoms with van der Waals surface area (Å²) in [6, 6.07) is 9.06. The van der Waals surface area contributed by atoms with Crippen LogP contribution in [0.1, 0.15) is 11.7 Å². The monoisotopic (exact) mass is 357 g/mol. The first-order valence-electron chi connectivity index (χ1n) is 6.98. The van der Waals surface area contributed by atoms with E-state index in [1.165, 1.54) is 14.2 Å². The maximum absolute atomic E-state index is 13.2. The maximum Gasteiger partial charge on any atom is 0.240 e. The fourth-order valence-corrected chi connectivity index (χ4v) is 3.20. The normalized spacial score (nSPS) is 12.8. The summed E-state index contributed by atoms with van der Waals surface area (Å²) < 4.78 is 63.5. The van der Waals surface area contributed by atoms with Crippen LogP contribution in [0, 0.1) is 11.6 Å². The van der Waals surface area contributed by atoms with Crippen molar-refractivity contribution < 1.29 is 26.7 Å². The Kier molecular flexibility index (Phi) is 5.87. The van der Waals surface area contributed by atoms with E-state index in [1.807, 2.05) is 0 Å². The molecule has 1 N–H and O–H groups in total. The van der Waals surface area contributed by atoms with Crippen LogP contribution in [0.25, 0.3) is 0 Å². The Morgan fingerprint density at radius 1 is 1.08 bits per heavy atom. The van der Waals surface area contributed by atoms with Gasteiger partial charge < -0.3 is 9.47 Å². The number of hydrogen-bond donors (Lipinski definition) is 1. The van der Waals surface area contributed by atoms with Crippen molar-refractivity contribution in [2.75, 3.05) is 20.8 Å². The van der Waals surface area contributed by atoms with E-state index in [-0.39, 0.29) is 6.54 Å². The third-order valence-corrected chi connectivity index (χ3v) is 4.76. The molecule has 8 heteroatoms. The number of halogens is 2. The van der Waals surface area contributed by atoms with Gasteiger partial charge in [-0.1, -0.05) is 12.1 Å². The molecule has 0 fully saturated rings. The van der Waals surface area contributed by atoms with E-state index in [4.69, 9.17) is 9.47 Å². The molecule has 130 valence electrons. The summed E-state index contributed by atoms with van der Waals surface area (Å²) in [5.41, 5.74) is 0.699. The Labute approximate surface area is 139 Å². The highest BCUT2D eigenvalue weighted by atomic mass is 32.2. The summed E-state index contributed by atoms with van der Waals surface area (Å²) in [4.78, 5) is -0.486. The average molecular weight is 357 g/mol. The van der Waals surface area contributed by atoms with Crippen LogP contribution in [0.3, 0.4) is 0 Å². The van der Waals surface area contributed by atoms with Gasteiger partial charge in [0.1, 0.15) is 17.4 Å². The third-order valence-electron chi connectivity index (χ3n) is 3.36. The Hall–Kier alpha value is -2.03. The summed E-state index contributed by atoms with van der Waals surface area (Å²) in [5.74, 6) is -1.33. The standard InChI is InChI=1S/C16H17F2NO4S/c1-22-14-5-3-4-11(6-14)16(23-2)10-19-24(20,21)15-8-12(17)7-13(18)9-15/h3-9,16,19H,10H2,1-2H3. The quantitative estimate of drug-likeness (QED) is 0.827. The van der Waals surface area contributed by atoms with Gasteiger partial charge in [0.05, 0.1) is 18.1 Å². The molecule has 1 unspecified atom stereocenters. The third kappa shape index (κ3) is 4.50. The Morgan fingerprint density at radius 3 is 2.33 bits per heavy atom. The molecule has 0 heterocycles. The molecule has 0 aliphatic heterocycles. The lowest BCUT2D eigenvalue weighted by Crippen LogP contribution is -2.29. The zero-order chi connectivity index (χ0) is 17.7. The lowest BCUT2D eigenvalue weighted by atomic mass is 10.1. The van der Waals surface area contributed by atoms with Gasteiger partial charge in [-0.2, -0.15) is 0 Å². The molecule has 0 amide bonds. The number of ether oxygens (including phenoxy) is 2. The summed E-state index contributed by atoms with van der Waals surface area (Å²) in [5, 5.41) is 0. The van der Waals surface area contributed by atoms with Gasteiger partial charge in [0, 0.05) is 19.7 Å². The fourth-order valence-electron chi connectivity index (χ4n) is 2.13. The minimum absolute atomic E-state index is 0.107. The van der Waals surface area contributed by atoms with Gasteiger partial charge in [-0.3, -0.25) is 0 Å². The maximum atomic E-state index is 13.2. The second-order valence-corrected chi connectivity index (χ2v) is 6.72. The van der Waals surface area contributed by atoms with Crippen molar-refractivity contribution in [1.29, 1.82) is 0 Å². The predicted octanol–water partition coefficient (Wildman–Crippen LogP) is 2.64. The van der Waals surface area contributed by atoms with Crippen LogP contribution in [0.5, 0.6) is 5.75 Å². The minimum atomic E-state index is -4.08. The molecule has 0 spiro atoms. The molecule has 2 rings (SSSR count). The van der Waals surface area contributed by atoms with Crippen LogP contribution in [-0.2, 0) is 14.8 Å². The molecule has 24 heavy (non-hydrogen) atoms. The molecule has 0 aliphatic rings. The first kappa shape index (κ1) is 18.3. The highest BCUT2D eigenvalue weighted by Gasteiger charge is 2.20. The first-order chi connectivity index (χ1) is 11.4. The largest absolute Gasteiger partial charge is 0.497 e. The molecule has 0 aromatic heterocycles. The van der Waals surface area contributed by atoms with Gasteiger partial charge >= 0.3 is 0 Å². The highest BCUT2D eigenvalue weighted by Crippen LogP contribution is 2.22. The second kappa shape index (κ2) is 7.69. The van der Waals surface area contributed by atoms with Gasteiger partial charge in [-0.05, 0) is 29.8 Å². The lowest BCUT2D eigenvalue weighted by Gasteiger charge is -2.17. The zero-order valence-corrected chi connectivity index (χ0v) is 13.9. The van der Waals surface area contributed by atoms with Gasteiger partial charge in [-0.25, -0.2) is 21.9 Å². The van der Waals surface area contributed by atoms with Crippen molar-refractivity contribution in [1.82, 2.24) is 4.72 Å². The fraction of sp³-hybridized carbons (Fsp3) is 0.250. The Morgan fingerprint density at radius 2 is 1.75 bits per heavy atom. The van der Waals surface area contributed by atoms with Crippen LogP contribution in [0.15, 0.2) is 47.4 Å². The van der Waals surface area contributed by atoms with E-state index in [9.17, 15) is 17.2 Å². The molecule has 2 aromatic carbocycles. The molecule has 0 saturated carbocycles. The SMILES string of the molecule is COc1cccc(C(CNS(=O)(=O)c2cc(F)cc(F)c2)OC)c1. The van der Waals surface area contributed by atoms with E-state index in [0.717, 1.165) is 12.1 Å². The van der Waals surface area contributed by atoms with E-state index < -0.39 is 32.7 Å². The van der Waals surface area contributed by atoms with E-state index in [0.29, 0.717) is 17.4 Å². The average Bonchev–Trinajstić information content (AvgIpc) is 2.54. The van der Waals surface area contributed by atoms with Crippen LogP contribution < -0.4 is 9.46 Å². The number of benzene rings is 2. The van der Waals surface area contributed by atoms with E-state index >= 15 is 0 Å². The molecule has 0 bridgehead atoms. The minimum Gasteiger partial charge on any atom is -0.497 e. The number of nitrogens with one attached hydrogen (secondary N) is 1. The molecule has 0 aliphatic carbocycles. The molecule has 2 aromatic rings. The zero-order valence-electron chi connectivity index (χ0n) is 13.1. The summed E-state index contributed by atoms with van der Waals surface area (Å²) in [7, 11) is -1.13. The van der Waals surface area contributed by atoms with Crippen molar-refractivity contribution in [3.05, 3.63) is 59.7 Å². The van der Waals surface area contributed by atoms with E-state index in [1.54, 1.807) is 24.3 Å². The molecule has 5 nitrogen and oxygen atoms in total. The Balaban J connectivity index is 2.17. The van der Waals surface area contributed by atoms with Crippen molar-refractivity contribution in [2.45, 2.75) is 11.0 Å². The first-order valence-corrected chi connectivity index (χ1v) is 8.46. The molecule has 1 atom stereocenters. The van der Waals surface area contributed by atoms with Gasteiger partial charge in [-0.15, -0.1) is 0 Å². The number of methoxy groups -OCH3 is 2. The molecular formula is C16H17F2NO4S. The van der Waals surface area contributed by atoms with E-state index in [2.05, 4.69) is 4.72 Å². The summed E-state index contributed by atoms with van der Waals surface area (Å²) in [6.45, 7) is -0.107. The summed E-state index contributed by atoms with van der Waals surface area (Å²) in [6.07, 6.45) is -0.590. The number of hydrogen-bond acceptors (Lipinski definition) is 4. The van der Waals surface area contributed by atoms with Crippen molar-refractivity contribution in [3.63, 3.8) is 0 Å². The van der Waals surface area contributed by atoms with Gasteiger partial charge in [0.2, 0.25) is 10.0 Å². The highest BCUT2D eigenvalue weighted by molar-refractivity contribution is 7.89. The van der Waals surface area contributed by atoms with Crippen molar-refractivity contribution in [3.8, 4) is 5.75 Å². The lowest BCUT2D eigenvalue weighted by molar-refractivity contribution is 0.107. The smallest absolute Gasteiger partial charge is 0.240 e. The van der Waals surface area contributed by atoms with Crippen molar-refractivity contribution >= 4 is 10.0 Å². The van der Waals surface area contributed by atoms with Gasteiger partial charge in [0.15, 0.2) is 0 Å². The van der Waals surface area contributed by atoms with Crippen LogP contribution in [0.4, 0.5) is 8.78 Å². The predicted molar refractivity (Wildman–Crippen MR) is 84.3 cm³/mol. The Bertz CT molecular complexity index is 791. The number of rotatable bonds is 7.